The molecule has 1 saturated heterocycles. The molecule has 1 aliphatic heterocycles. The summed E-state index contributed by atoms with van der Waals surface area (Å²) in [7, 11) is 0. The van der Waals surface area contributed by atoms with E-state index in [1.54, 1.807) is 40.7 Å². The molecule has 0 N–H and O–H groups in total. The van der Waals surface area contributed by atoms with Crippen LogP contribution in [0.3, 0.4) is 0 Å². The van der Waals surface area contributed by atoms with Gasteiger partial charge in [-0.1, -0.05) is 6.08 Å². The Kier molecular flexibility index (Phi) is 6.52. The van der Waals surface area contributed by atoms with Crippen LogP contribution in [-0.4, -0.2) is 41.3 Å². The number of rotatable bonds is 8. The van der Waals surface area contributed by atoms with Crippen molar-refractivity contribution in [3.05, 3.63) is 22.3 Å². The standard InChI is InChI=1S/C15H25NO7/c1-6-20-12(17)10-8-7-9-11-13(22-15(4,5)21-11)14(2,3)23-16(18)19/h8,10-11,13H,6-7,9H2,1-5H3/b10-8+/t11-,13+/m0/s1. The van der Waals surface area contributed by atoms with E-state index in [9.17, 15) is 14.9 Å². The molecule has 1 heterocycles. The SMILES string of the molecule is CCOC(=O)/C=C/CC[C@@H]1OC(C)(C)O[C@H]1C(C)(C)O[N+](=O)[O-]. The molecule has 132 valence electrons. The lowest BCUT2D eigenvalue weighted by Crippen LogP contribution is -2.46. The fraction of sp³-hybridized carbons (Fsp3) is 0.800. The van der Waals surface area contributed by atoms with Gasteiger partial charge in [-0.05, 0) is 47.5 Å². The second-order valence-corrected chi connectivity index (χ2v) is 6.24. The zero-order valence-electron chi connectivity index (χ0n) is 14.2. The highest BCUT2D eigenvalue weighted by atomic mass is 17.0. The zero-order chi connectivity index (χ0) is 17.7. The number of carbonyl (C=O) groups is 1. The Balaban J connectivity index is 2.67. The van der Waals surface area contributed by atoms with Crippen molar-refractivity contribution >= 4 is 5.97 Å². The minimum Gasteiger partial charge on any atom is -0.463 e. The van der Waals surface area contributed by atoms with Crippen LogP contribution in [0.15, 0.2) is 12.2 Å². The molecule has 0 aromatic carbocycles. The van der Waals surface area contributed by atoms with Crippen LogP contribution in [0.4, 0.5) is 0 Å². The molecular formula is C15H25NO7. The van der Waals surface area contributed by atoms with Gasteiger partial charge in [0.25, 0.3) is 5.09 Å². The number of hydrogen-bond donors (Lipinski definition) is 0. The van der Waals surface area contributed by atoms with Gasteiger partial charge in [0.05, 0.1) is 12.7 Å². The summed E-state index contributed by atoms with van der Waals surface area (Å²) in [5.74, 6) is -1.25. The monoisotopic (exact) mass is 331 g/mol. The smallest absolute Gasteiger partial charge is 0.330 e. The molecule has 1 aliphatic rings. The first-order valence-electron chi connectivity index (χ1n) is 7.60. The van der Waals surface area contributed by atoms with E-state index in [1.165, 1.54) is 6.08 Å². The molecule has 0 bridgehead atoms. The van der Waals surface area contributed by atoms with E-state index in [-0.39, 0.29) is 6.10 Å². The number of carbonyl (C=O) groups excluding carboxylic acids is 1. The van der Waals surface area contributed by atoms with E-state index in [2.05, 4.69) is 0 Å². The molecule has 0 aliphatic carbocycles. The minimum atomic E-state index is -1.15. The highest BCUT2D eigenvalue weighted by Gasteiger charge is 2.50. The van der Waals surface area contributed by atoms with E-state index in [0.717, 1.165) is 0 Å². The van der Waals surface area contributed by atoms with E-state index < -0.39 is 28.5 Å². The maximum atomic E-state index is 11.2. The molecule has 0 amide bonds. The fourth-order valence-electron chi connectivity index (χ4n) is 2.51. The molecule has 8 heteroatoms. The number of ether oxygens (including phenoxy) is 3. The van der Waals surface area contributed by atoms with Crippen LogP contribution < -0.4 is 0 Å². The van der Waals surface area contributed by atoms with Gasteiger partial charge in [0.1, 0.15) is 11.7 Å². The quantitative estimate of drug-likeness (QED) is 0.291. The lowest BCUT2D eigenvalue weighted by molar-refractivity contribution is -0.781. The second-order valence-electron chi connectivity index (χ2n) is 6.24. The summed E-state index contributed by atoms with van der Waals surface area (Å²) >= 11 is 0. The Bertz CT molecular complexity index is 459. The van der Waals surface area contributed by atoms with Crippen LogP contribution >= 0.6 is 0 Å². The molecular weight excluding hydrogens is 306 g/mol. The third-order valence-corrected chi connectivity index (χ3v) is 3.34. The highest BCUT2D eigenvalue weighted by molar-refractivity contribution is 5.81. The van der Waals surface area contributed by atoms with Crippen molar-refractivity contribution in [1.29, 1.82) is 0 Å². The second kappa shape index (κ2) is 7.74. The van der Waals surface area contributed by atoms with Gasteiger partial charge in [0, 0.05) is 6.08 Å². The topological polar surface area (TPSA) is 97.1 Å². The molecule has 0 aromatic heterocycles. The fourth-order valence-corrected chi connectivity index (χ4v) is 2.51. The van der Waals surface area contributed by atoms with Crippen LogP contribution in [0.1, 0.15) is 47.5 Å². The molecule has 2 atom stereocenters. The summed E-state index contributed by atoms with van der Waals surface area (Å²) in [4.78, 5) is 26.6. The van der Waals surface area contributed by atoms with Gasteiger partial charge in [-0.2, -0.15) is 0 Å². The lowest BCUT2D eigenvalue weighted by Gasteiger charge is -2.31. The Labute approximate surface area is 135 Å². The van der Waals surface area contributed by atoms with Gasteiger partial charge in [0.15, 0.2) is 5.79 Å². The average Bonchev–Trinajstić information content (AvgIpc) is 2.70. The molecule has 8 nitrogen and oxygen atoms in total. The zero-order valence-corrected chi connectivity index (χ0v) is 14.2. The van der Waals surface area contributed by atoms with Crippen molar-refractivity contribution < 1.29 is 28.9 Å². The number of allylic oxidation sites excluding steroid dienone is 1. The van der Waals surface area contributed by atoms with E-state index in [4.69, 9.17) is 19.0 Å². The summed E-state index contributed by atoms with van der Waals surface area (Å²) in [5.41, 5.74) is -1.15. The number of esters is 1. The third kappa shape index (κ3) is 6.15. The van der Waals surface area contributed by atoms with Crippen molar-refractivity contribution in [1.82, 2.24) is 0 Å². The predicted octanol–water partition coefficient (Wildman–Crippen LogP) is 2.39. The molecule has 1 fully saturated rings. The van der Waals surface area contributed by atoms with Gasteiger partial charge in [-0.15, -0.1) is 10.1 Å². The van der Waals surface area contributed by atoms with Crippen LogP contribution in [-0.2, 0) is 23.8 Å². The predicted molar refractivity (Wildman–Crippen MR) is 81.0 cm³/mol. The van der Waals surface area contributed by atoms with Gasteiger partial charge < -0.3 is 19.0 Å². The number of hydrogen-bond acceptors (Lipinski definition) is 7. The van der Waals surface area contributed by atoms with Crippen molar-refractivity contribution in [2.45, 2.75) is 71.1 Å². The molecule has 1 rings (SSSR count). The highest BCUT2D eigenvalue weighted by Crippen LogP contribution is 2.37. The molecule has 23 heavy (non-hydrogen) atoms. The maximum absolute atomic E-state index is 11.2. The van der Waals surface area contributed by atoms with E-state index in [1.807, 2.05) is 0 Å². The third-order valence-electron chi connectivity index (χ3n) is 3.34. The Morgan fingerprint density at radius 1 is 1.39 bits per heavy atom. The van der Waals surface area contributed by atoms with Crippen molar-refractivity contribution in [2.75, 3.05) is 6.61 Å². The van der Waals surface area contributed by atoms with Crippen molar-refractivity contribution in [3.8, 4) is 0 Å². The first kappa shape index (κ1) is 19.4. The summed E-state index contributed by atoms with van der Waals surface area (Å²) in [6, 6.07) is 0. The lowest BCUT2D eigenvalue weighted by atomic mass is 9.94. The summed E-state index contributed by atoms with van der Waals surface area (Å²) in [6.07, 6.45) is 3.15. The van der Waals surface area contributed by atoms with Gasteiger partial charge in [-0.25, -0.2) is 4.79 Å². The van der Waals surface area contributed by atoms with Crippen LogP contribution in [0.25, 0.3) is 0 Å². The van der Waals surface area contributed by atoms with E-state index >= 15 is 0 Å². The molecule has 0 spiro atoms. The minimum absolute atomic E-state index is 0.325. The van der Waals surface area contributed by atoms with Crippen LogP contribution in [0.2, 0.25) is 0 Å². The van der Waals surface area contributed by atoms with Crippen LogP contribution in [0.5, 0.6) is 0 Å². The Morgan fingerprint density at radius 2 is 2.04 bits per heavy atom. The maximum Gasteiger partial charge on any atom is 0.330 e. The molecule has 0 aromatic rings. The molecule has 0 radical (unpaired) electrons. The van der Waals surface area contributed by atoms with E-state index in [0.29, 0.717) is 19.4 Å². The van der Waals surface area contributed by atoms with Gasteiger partial charge in [-0.3, -0.25) is 0 Å². The largest absolute Gasteiger partial charge is 0.463 e. The first-order chi connectivity index (χ1) is 10.6. The number of nitrogens with zero attached hydrogens (tertiary/aromatic N) is 1. The first-order valence-corrected chi connectivity index (χ1v) is 7.60. The molecule has 0 saturated carbocycles. The van der Waals surface area contributed by atoms with Crippen molar-refractivity contribution in [2.24, 2.45) is 0 Å². The summed E-state index contributed by atoms with van der Waals surface area (Å²) in [6.45, 7) is 8.73. The normalized spacial score (nSPS) is 23.9. The summed E-state index contributed by atoms with van der Waals surface area (Å²) in [5, 5.41) is 9.83. The van der Waals surface area contributed by atoms with Gasteiger partial charge in [0.2, 0.25) is 0 Å². The molecule has 0 unspecified atom stereocenters. The van der Waals surface area contributed by atoms with Gasteiger partial charge >= 0.3 is 5.97 Å². The average molecular weight is 331 g/mol. The van der Waals surface area contributed by atoms with Crippen molar-refractivity contribution in [3.63, 3.8) is 0 Å². The Morgan fingerprint density at radius 3 is 2.61 bits per heavy atom. The Hall–Kier alpha value is -1.67. The summed E-state index contributed by atoms with van der Waals surface area (Å²) < 4.78 is 16.4. The van der Waals surface area contributed by atoms with Crippen LogP contribution in [0, 0.1) is 10.1 Å².